The number of hydrogen-bond acceptors (Lipinski definition) is 3. The van der Waals surface area contributed by atoms with E-state index in [-0.39, 0.29) is 5.56 Å². The van der Waals surface area contributed by atoms with E-state index in [0.717, 1.165) is 17.9 Å². The molecule has 2 heterocycles. The quantitative estimate of drug-likeness (QED) is 0.801. The molecule has 0 unspecified atom stereocenters. The second-order valence-electron chi connectivity index (χ2n) is 4.57. The second kappa shape index (κ2) is 4.53. The molecule has 0 aliphatic rings. The van der Waals surface area contributed by atoms with E-state index >= 15 is 0 Å². The third-order valence-electron chi connectivity index (χ3n) is 2.54. The smallest absolute Gasteiger partial charge is 0.250 e. The molecule has 5 nitrogen and oxygen atoms in total. The lowest BCUT2D eigenvalue weighted by Gasteiger charge is -2.09. The van der Waals surface area contributed by atoms with Gasteiger partial charge in [0.2, 0.25) is 0 Å². The van der Waals surface area contributed by atoms with Gasteiger partial charge in [0, 0.05) is 31.4 Å². The fourth-order valence-corrected chi connectivity index (χ4v) is 1.69. The molecule has 17 heavy (non-hydrogen) atoms. The van der Waals surface area contributed by atoms with Crippen LogP contribution in [0, 0.1) is 5.92 Å². The molecule has 2 aromatic heterocycles. The SMILES string of the molecule is CC(C)Cn1cnnc1-c1ccn(C)c(=O)c1. The predicted octanol–water partition coefficient (Wildman–Crippen LogP) is 1.30. The molecule has 0 amide bonds. The van der Waals surface area contributed by atoms with E-state index in [0.29, 0.717) is 5.92 Å². The van der Waals surface area contributed by atoms with E-state index < -0.39 is 0 Å². The average molecular weight is 232 g/mol. The number of aromatic nitrogens is 4. The van der Waals surface area contributed by atoms with Gasteiger partial charge in [0.1, 0.15) is 6.33 Å². The van der Waals surface area contributed by atoms with E-state index in [1.165, 1.54) is 4.57 Å². The minimum atomic E-state index is -0.0402. The van der Waals surface area contributed by atoms with Crippen LogP contribution in [0.2, 0.25) is 0 Å². The van der Waals surface area contributed by atoms with Gasteiger partial charge in [-0.1, -0.05) is 13.8 Å². The second-order valence-corrected chi connectivity index (χ2v) is 4.57. The van der Waals surface area contributed by atoms with Crippen LogP contribution in [0.3, 0.4) is 0 Å². The molecule has 0 aromatic carbocycles. The molecule has 2 aromatic rings. The summed E-state index contributed by atoms with van der Waals surface area (Å²) in [6, 6.07) is 3.46. The number of hydrogen-bond donors (Lipinski definition) is 0. The van der Waals surface area contributed by atoms with Gasteiger partial charge >= 0.3 is 0 Å². The van der Waals surface area contributed by atoms with Gasteiger partial charge in [-0.15, -0.1) is 10.2 Å². The Morgan fingerprint density at radius 3 is 2.82 bits per heavy atom. The maximum atomic E-state index is 11.6. The number of pyridine rings is 1. The fraction of sp³-hybridized carbons (Fsp3) is 0.417. The molecule has 0 spiro atoms. The Hall–Kier alpha value is -1.91. The molecule has 2 rings (SSSR count). The Balaban J connectivity index is 2.42. The van der Waals surface area contributed by atoms with Crippen molar-refractivity contribution in [1.82, 2.24) is 19.3 Å². The summed E-state index contributed by atoms with van der Waals surface area (Å²) < 4.78 is 3.51. The first-order valence-electron chi connectivity index (χ1n) is 5.63. The molecule has 0 N–H and O–H groups in total. The normalized spacial score (nSPS) is 11.1. The fourth-order valence-electron chi connectivity index (χ4n) is 1.69. The predicted molar refractivity (Wildman–Crippen MR) is 65.5 cm³/mol. The highest BCUT2D eigenvalue weighted by molar-refractivity contribution is 5.53. The topological polar surface area (TPSA) is 52.7 Å². The number of aryl methyl sites for hydroxylation is 1. The molecule has 0 atom stereocenters. The van der Waals surface area contributed by atoms with E-state index in [9.17, 15) is 4.79 Å². The van der Waals surface area contributed by atoms with Crippen molar-refractivity contribution in [2.75, 3.05) is 0 Å². The van der Waals surface area contributed by atoms with Crippen molar-refractivity contribution in [2.45, 2.75) is 20.4 Å². The number of nitrogens with zero attached hydrogens (tertiary/aromatic N) is 4. The lowest BCUT2D eigenvalue weighted by molar-refractivity contribution is 0.525. The van der Waals surface area contributed by atoms with Crippen LogP contribution in [-0.2, 0) is 13.6 Å². The summed E-state index contributed by atoms with van der Waals surface area (Å²) in [5.74, 6) is 1.26. The standard InChI is InChI=1S/C12H16N4O/c1-9(2)7-16-8-13-14-12(16)10-4-5-15(3)11(17)6-10/h4-6,8-9H,7H2,1-3H3. The minimum absolute atomic E-state index is 0.0402. The molecule has 0 bridgehead atoms. The van der Waals surface area contributed by atoms with Crippen LogP contribution in [0.5, 0.6) is 0 Å². The van der Waals surface area contributed by atoms with E-state index in [4.69, 9.17) is 0 Å². The van der Waals surface area contributed by atoms with Crippen molar-refractivity contribution in [3.63, 3.8) is 0 Å². The van der Waals surface area contributed by atoms with Crippen LogP contribution in [-0.4, -0.2) is 19.3 Å². The third kappa shape index (κ3) is 2.43. The van der Waals surface area contributed by atoms with E-state index in [2.05, 4.69) is 24.0 Å². The highest BCUT2D eigenvalue weighted by atomic mass is 16.1. The number of rotatable bonds is 3. The van der Waals surface area contributed by atoms with Gasteiger partial charge in [-0.3, -0.25) is 4.79 Å². The lowest BCUT2D eigenvalue weighted by Crippen LogP contribution is -2.15. The Morgan fingerprint density at radius 1 is 1.41 bits per heavy atom. The summed E-state index contributed by atoms with van der Waals surface area (Å²) in [6.45, 7) is 5.11. The average Bonchev–Trinajstić information content (AvgIpc) is 2.69. The maximum Gasteiger partial charge on any atom is 0.250 e. The van der Waals surface area contributed by atoms with Crippen LogP contribution in [0.4, 0.5) is 0 Å². The molecule has 0 radical (unpaired) electrons. The highest BCUT2D eigenvalue weighted by Gasteiger charge is 2.09. The van der Waals surface area contributed by atoms with Crippen molar-refractivity contribution in [2.24, 2.45) is 13.0 Å². The largest absolute Gasteiger partial charge is 0.319 e. The van der Waals surface area contributed by atoms with Gasteiger partial charge in [-0.05, 0) is 12.0 Å². The van der Waals surface area contributed by atoms with Gasteiger partial charge < -0.3 is 9.13 Å². The van der Waals surface area contributed by atoms with Gasteiger partial charge in [0.15, 0.2) is 5.82 Å². The van der Waals surface area contributed by atoms with Crippen LogP contribution in [0.15, 0.2) is 29.5 Å². The van der Waals surface area contributed by atoms with Gasteiger partial charge in [0.05, 0.1) is 0 Å². The van der Waals surface area contributed by atoms with Crippen molar-refractivity contribution in [1.29, 1.82) is 0 Å². The van der Waals surface area contributed by atoms with Crippen molar-refractivity contribution in [3.05, 3.63) is 35.0 Å². The zero-order valence-corrected chi connectivity index (χ0v) is 10.3. The van der Waals surface area contributed by atoms with Crippen molar-refractivity contribution in [3.8, 4) is 11.4 Å². The summed E-state index contributed by atoms with van der Waals surface area (Å²) in [5.41, 5.74) is 0.771. The van der Waals surface area contributed by atoms with Gasteiger partial charge in [-0.2, -0.15) is 0 Å². The highest BCUT2D eigenvalue weighted by Crippen LogP contribution is 2.15. The summed E-state index contributed by atoms with van der Waals surface area (Å²) in [5, 5.41) is 7.98. The van der Waals surface area contributed by atoms with Crippen LogP contribution in [0.25, 0.3) is 11.4 Å². The molecular weight excluding hydrogens is 216 g/mol. The van der Waals surface area contributed by atoms with E-state index in [1.807, 2.05) is 10.6 Å². The molecule has 0 aliphatic heterocycles. The van der Waals surface area contributed by atoms with Gasteiger partial charge in [-0.25, -0.2) is 0 Å². The van der Waals surface area contributed by atoms with Crippen LogP contribution in [0.1, 0.15) is 13.8 Å². The molecule has 90 valence electrons. The zero-order valence-electron chi connectivity index (χ0n) is 10.3. The monoisotopic (exact) mass is 232 g/mol. The van der Waals surface area contributed by atoms with Crippen molar-refractivity contribution >= 4 is 0 Å². The lowest BCUT2D eigenvalue weighted by atomic mass is 10.2. The first-order valence-corrected chi connectivity index (χ1v) is 5.63. The first kappa shape index (κ1) is 11.6. The molecule has 0 saturated heterocycles. The van der Waals surface area contributed by atoms with Crippen molar-refractivity contribution < 1.29 is 0 Å². The molecule has 5 heteroatoms. The molecule has 0 aliphatic carbocycles. The van der Waals surface area contributed by atoms with E-state index in [1.54, 1.807) is 25.6 Å². The molecular formula is C12H16N4O. The summed E-state index contributed by atoms with van der Waals surface area (Å²) in [7, 11) is 1.73. The summed E-state index contributed by atoms with van der Waals surface area (Å²) in [6.07, 6.45) is 3.44. The summed E-state index contributed by atoms with van der Waals surface area (Å²) in [4.78, 5) is 11.6. The Morgan fingerprint density at radius 2 is 2.18 bits per heavy atom. The Kier molecular flexibility index (Phi) is 3.08. The maximum absolute atomic E-state index is 11.6. The molecule has 0 saturated carbocycles. The van der Waals surface area contributed by atoms with Gasteiger partial charge in [0.25, 0.3) is 5.56 Å². The first-order chi connectivity index (χ1) is 8.08. The minimum Gasteiger partial charge on any atom is -0.319 e. The Labute approximate surface area is 99.7 Å². The Bertz CT molecular complexity index is 568. The third-order valence-corrected chi connectivity index (χ3v) is 2.54. The summed E-state index contributed by atoms with van der Waals surface area (Å²) >= 11 is 0. The molecule has 0 fully saturated rings. The van der Waals surface area contributed by atoms with Crippen LogP contribution < -0.4 is 5.56 Å². The zero-order chi connectivity index (χ0) is 12.4. The van der Waals surface area contributed by atoms with Crippen LogP contribution >= 0.6 is 0 Å².